The van der Waals surface area contributed by atoms with Gasteiger partial charge < -0.3 is 4.74 Å². The number of hydrogen-bond acceptors (Lipinski definition) is 1. The third-order valence-corrected chi connectivity index (χ3v) is 6.62. The number of ether oxygens (including phenoxy) is 1. The van der Waals surface area contributed by atoms with E-state index in [1.807, 2.05) is 0 Å². The van der Waals surface area contributed by atoms with Gasteiger partial charge in [0.1, 0.15) is 0 Å². The lowest BCUT2D eigenvalue weighted by molar-refractivity contribution is -0.0663. The smallest absolute Gasteiger partial charge is 0.0687 e. The highest BCUT2D eigenvalue weighted by Gasteiger charge is 2.40. The highest BCUT2D eigenvalue weighted by atomic mass is 79.9. The van der Waals surface area contributed by atoms with Crippen molar-refractivity contribution < 1.29 is 4.74 Å². The molecule has 106 valence electrons. The van der Waals surface area contributed by atoms with Crippen LogP contribution in [-0.2, 0) is 4.74 Å². The lowest BCUT2D eigenvalue weighted by Crippen LogP contribution is -2.32. The van der Waals surface area contributed by atoms with Crippen LogP contribution in [0.4, 0.5) is 0 Å². The van der Waals surface area contributed by atoms with Crippen molar-refractivity contribution in [3.05, 3.63) is 0 Å². The van der Waals surface area contributed by atoms with Crippen molar-refractivity contribution in [2.24, 2.45) is 5.41 Å². The zero-order chi connectivity index (χ0) is 13.2. The summed E-state index contributed by atoms with van der Waals surface area (Å²) in [7, 11) is 0. The Kier molecular flexibility index (Phi) is 4.80. The van der Waals surface area contributed by atoms with E-state index in [2.05, 4.69) is 36.7 Å². The SMILES string of the molecule is CC(C)(C)C(Br)CCC1CCC2(CCCCC2)O1. The van der Waals surface area contributed by atoms with Gasteiger partial charge in [0.15, 0.2) is 0 Å². The van der Waals surface area contributed by atoms with E-state index in [9.17, 15) is 0 Å². The molecule has 0 N–H and O–H groups in total. The summed E-state index contributed by atoms with van der Waals surface area (Å²) in [6, 6.07) is 0. The molecule has 1 saturated carbocycles. The number of hydrogen-bond donors (Lipinski definition) is 0. The molecule has 18 heavy (non-hydrogen) atoms. The molecule has 1 nitrogen and oxygen atoms in total. The van der Waals surface area contributed by atoms with E-state index in [0.29, 0.717) is 21.9 Å². The predicted molar refractivity (Wildman–Crippen MR) is 81.3 cm³/mol. The second-order valence-electron chi connectivity index (χ2n) is 7.43. The van der Waals surface area contributed by atoms with E-state index in [0.717, 1.165) is 0 Å². The van der Waals surface area contributed by atoms with Crippen LogP contribution >= 0.6 is 15.9 Å². The van der Waals surface area contributed by atoms with Crippen molar-refractivity contribution >= 4 is 15.9 Å². The summed E-state index contributed by atoms with van der Waals surface area (Å²) < 4.78 is 6.43. The Bertz CT molecular complexity index is 263. The molecule has 2 atom stereocenters. The van der Waals surface area contributed by atoms with Crippen LogP contribution in [0.15, 0.2) is 0 Å². The molecule has 0 amide bonds. The van der Waals surface area contributed by atoms with Gasteiger partial charge in [-0.3, -0.25) is 0 Å². The average Bonchev–Trinajstić information content (AvgIpc) is 2.69. The van der Waals surface area contributed by atoms with E-state index >= 15 is 0 Å². The summed E-state index contributed by atoms with van der Waals surface area (Å²) in [5, 5.41) is 0. The van der Waals surface area contributed by atoms with Gasteiger partial charge in [-0.05, 0) is 43.9 Å². The summed E-state index contributed by atoms with van der Waals surface area (Å²) in [6.07, 6.45) is 12.4. The lowest BCUT2D eigenvalue weighted by Gasteiger charge is -2.33. The van der Waals surface area contributed by atoms with Gasteiger partial charge in [0.2, 0.25) is 0 Å². The van der Waals surface area contributed by atoms with Gasteiger partial charge in [-0.2, -0.15) is 0 Å². The van der Waals surface area contributed by atoms with Gasteiger partial charge in [0, 0.05) is 4.83 Å². The van der Waals surface area contributed by atoms with Crippen molar-refractivity contribution in [1.82, 2.24) is 0 Å². The second-order valence-corrected chi connectivity index (χ2v) is 8.54. The molecule has 1 aliphatic heterocycles. The van der Waals surface area contributed by atoms with Crippen LogP contribution in [0, 0.1) is 5.41 Å². The molecule has 1 spiro atoms. The lowest BCUT2D eigenvalue weighted by atomic mass is 9.83. The Hall–Kier alpha value is 0.440. The summed E-state index contributed by atoms with van der Waals surface area (Å²) in [5.41, 5.74) is 0.660. The standard InChI is InChI=1S/C16H29BrO/c1-15(2,3)14(17)8-7-13-9-12-16(18-13)10-5-4-6-11-16/h13-14H,4-12H2,1-3H3. The summed E-state index contributed by atoms with van der Waals surface area (Å²) in [5.74, 6) is 0. The summed E-state index contributed by atoms with van der Waals surface area (Å²) in [4.78, 5) is 0.608. The van der Waals surface area contributed by atoms with Crippen LogP contribution in [0.1, 0.15) is 78.6 Å². The normalized spacial score (nSPS) is 29.7. The van der Waals surface area contributed by atoms with Crippen molar-refractivity contribution in [2.45, 2.75) is 95.1 Å². The van der Waals surface area contributed by atoms with Gasteiger partial charge in [0.05, 0.1) is 11.7 Å². The molecule has 0 aromatic rings. The van der Waals surface area contributed by atoms with Gasteiger partial charge in [-0.1, -0.05) is 56.0 Å². The molecule has 2 heteroatoms. The fraction of sp³-hybridized carbons (Fsp3) is 1.00. The number of rotatable bonds is 3. The molecular weight excluding hydrogens is 288 g/mol. The fourth-order valence-corrected chi connectivity index (χ4v) is 3.69. The summed E-state index contributed by atoms with van der Waals surface area (Å²) >= 11 is 3.84. The Morgan fingerprint density at radius 3 is 2.44 bits per heavy atom. The minimum atomic E-state index is 0.298. The highest BCUT2D eigenvalue weighted by Crippen LogP contribution is 2.43. The van der Waals surface area contributed by atoms with Gasteiger partial charge >= 0.3 is 0 Å². The molecule has 1 heterocycles. The summed E-state index contributed by atoms with van der Waals surface area (Å²) in [6.45, 7) is 6.93. The first kappa shape index (κ1) is 14.8. The second kappa shape index (κ2) is 5.83. The monoisotopic (exact) mass is 316 g/mol. The van der Waals surface area contributed by atoms with Crippen molar-refractivity contribution in [1.29, 1.82) is 0 Å². The van der Waals surface area contributed by atoms with Gasteiger partial charge in [0.25, 0.3) is 0 Å². The van der Waals surface area contributed by atoms with Crippen molar-refractivity contribution in [3.63, 3.8) is 0 Å². The van der Waals surface area contributed by atoms with Crippen LogP contribution in [0.2, 0.25) is 0 Å². The topological polar surface area (TPSA) is 9.23 Å². The molecule has 0 bridgehead atoms. The molecule has 2 fully saturated rings. The third kappa shape index (κ3) is 3.72. The van der Waals surface area contributed by atoms with Crippen LogP contribution in [0.5, 0.6) is 0 Å². The molecule has 2 unspecified atom stereocenters. The molecule has 2 aliphatic rings. The largest absolute Gasteiger partial charge is 0.372 e. The van der Waals surface area contributed by atoms with E-state index in [-0.39, 0.29) is 0 Å². The minimum Gasteiger partial charge on any atom is -0.372 e. The van der Waals surface area contributed by atoms with Crippen molar-refractivity contribution in [2.75, 3.05) is 0 Å². The maximum absolute atomic E-state index is 6.43. The molecule has 0 aromatic carbocycles. The highest BCUT2D eigenvalue weighted by molar-refractivity contribution is 9.09. The quantitative estimate of drug-likeness (QED) is 0.628. The van der Waals surface area contributed by atoms with Gasteiger partial charge in [-0.15, -0.1) is 0 Å². The molecule has 0 radical (unpaired) electrons. The molecule has 0 aromatic heterocycles. The van der Waals surface area contributed by atoms with Crippen molar-refractivity contribution in [3.8, 4) is 0 Å². The first-order valence-corrected chi connectivity index (χ1v) is 8.65. The maximum atomic E-state index is 6.43. The first-order valence-electron chi connectivity index (χ1n) is 7.73. The Labute approximate surface area is 121 Å². The zero-order valence-corrected chi connectivity index (χ0v) is 13.9. The Balaban J connectivity index is 1.76. The average molecular weight is 317 g/mol. The van der Waals surface area contributed by atoms with E-state index in [1.54, 1.807) is 0 Å². The third-order valence-electron chi connectivity index (χ3n) is 4.79. The maximum Gasteiger partial charge on any atom is 0.0687 e. The van der Waals surface area contributed by atoms with E-state index in [1.165, 1.54) is 57.8 Å². The zero-order valence-electron chi connectivity index (χ0n) is 12.3. The van der Waals surface area contributed by atoms with Crippen LogP contribution in [0.3, 0.4) is 0 Å². The molecule has 1 aliphatic carbocycles. The predicted octanol–water partition coefficient (Wildman–Crippen LogP) is 5.46. The minimum absolute atomic E-state index is 0.298. The number of halogens is 1. The fourth-order valence-electron chi connectivity index (χ4n) is 3.43. The van der Waals surface area contributed by atoms with Crippen LogP contribution in [0.25, 0.3) is 0 Å². The number of alkyl halides is 1. The van der Waals surface area contributed by atoms with Crippen LogP contribution in [-0.4, -0.2) is 16.5 Å². The van der Waals surface area contributed by atoms with Crippen LogP contribution < -0.4 is 0 Å². The first-order chi connectivity index (χ1) is 8.41. The Morgan fingerprint density at radius 2 is 1.83 bits per heavy atom. The van der Waals surface area contributed by atoms with E-state index < -0.39 is 0 Å². The molecule has 1 saturated heterocycles. The molecule has 2 rings (SSSR count). The van der Waals surface area contributed by atoms with E-state index in [4.69, 9.17) is 4.74 Å². The van der Waals surface area contributed by atoms with Gasteiger partial charge in [-0.25, -0.2) is 0 Å². The Morgan fingerprint density at radius 1 is 1.17 bits per heavy atom. The molecular formula is C16H29BrO.